The number of nitrogens with one attached hydrogen (secondary N) is 3. The Hall–Kier alpha value is -0.800. The van der Waals surface area contributed by atoms with Crippen molar-refractivity contribution < 1.29 is 14.3 Å². The monoisotopic (exact) mass is 513 g/mol. The van der Waals surface area contributed by atoms with Crippen LogP contribution in [0.3, 0.4) is 0 Å². The Morgan fingerprint density at radius 1 is 1.17 bits per heavy atom. The molecule has 0 saturated heterocycles. The first kappa shape index (κ1) is 25.5. The molecule has 1 aliphatic rings. The van der Waals surface area contributed by atoms with E-state index < -0.39 is 15.4 Å². The number of alkyl halides is 3. The van der Waals surface area contributed by atoms with Gasteiger partial charge in [-0.2, -0.15) is 0 Å². The van der Waals surface area contributed by atoms with Crippen LogP contribution in [0.25, 0.3) is 0 Å². The highest BCUT2D eigenvalue weighted by atomic mass is 35.6. The molecule has 0 radical (unpaired) electrons. The zero-order valence-electron chi connectivity index (χ0n) is 17.3. The number of amides is 1. The lowest BCUT2D eigenvalue weighted by atomic mass is 9.95. The average molecular weight is 515 g/mol. The molecule has 3 N–H and O–H groups in total. The fourth-order valence-electron chi connectivity index (χ4n) is 2.89. The predicted octanol–water partition coefficient (Wildman–Crippen LogP) is 4.95. The second-order valence-electron chi connectivity index (χ2n) is 7.93. The maximum absolute atomic E-state index is 12.6. The van der Waals surface area contributed by atoms with Gasteiger partial charge in [0.1, 0.15) is 11.2 Å². The SMILES string of the molecule is CCOC(=O)c1c(NC(=S)NC(NC(=O)C(C)(C)C)C(Cl)(Cl)Cl)sc2c1CCCC2. The van der Waals surface area contributed by atoms with Crippen LogP contribution in [0.5, 0.6) is 0 Å². The summed E-state index contributed by atoms with van der Waals surface area (Å²) in [5.74, 6) is -0.700. The van der Waals surface area contributed by atoms with Gasteiger partial charge in [-0.25, -0.2) is 4.79 Å². The minimum atomic E-state index is -1.86. The van der Waals surface area contributed by atoms with Gasteiger partial charge in [-0.15, -0.1) is 11.3 Å². The summed E-state index contributed by atoms with van der Waals surface area (Å²) >= 11 is 25.0. The van der Waals surface area contributed by atoms with Crippen molar-refractivity contribution in [2.75, 3.05) is 11.9 Å². The summed E-state index contributed by atoms with van der Waals surface area (Å²) < 4.78 is 3.39. The molecule has 1 aromatic heterocycles. The zero-order chi connectivity index (χ0) is 22.7. The Bertz CT molecular complexity index is 816. The Balaban J connectivity index is 2.22. The first-order chi connectivity index (χ1) is 13.8. The number of esters is 1. The largest absolute Gasteiger partial charge is 0.462 e. The van der Waals surface area contributed by atoms with Crippen LogP contribution < -0.4 is 16.0 Å². The Morgan fingerprint density at radius 2 is 1.80 bits per heavy atom. The van der Waals surface area contributed by atoms with Crippen molar-refractivity contribution in [3.8, 4) is 0 Å². The van der Waals surface area contributed by atoms with E-state index in [1.54, 1.807) is 27.7 Å². The van der Waals surface area contributed by atoms with E-state index in [0.717, 1.165) is 36.1 Å². The average Bonchev–Trinajstić information content (AvgIpc) is 2.97. The van der Waals surface area contributed by atoms with Crippen LogP contribution in [-0.4, -0.2) is 33.6 Å². The second-order valence-corrected chi connectivity index (χ2v) is 11.8. The summed E-state index contributed by atoms with van der Waals surface area (Å²) in [6.07, 6.45) is 2.75. The lowest BCUT2D eigenvalue weighted by Gasteiger charge is -2.30. The number of hydrogen-bond acceptors (Lipinski definition) is 5. The molecule has 1 unspecified atom stereocenters. The number of anilines is 1. The molecule has 11 heteroatoms. The van der Waals surface area contributed by atoms with E-state index in [0.29, 0.717) is 10.6 Å². The normalized spacial score (nSPS) is 15.0. The smallest absolute Gasteiger partial charge is 0.341 e. The molecule has 1 heterocycles. The molecule has 0 spiro atoms. The van der Waals surface area contributed by atoms with Crippen molar-refractivity contribution in [3.63, 3.8) is 0 Å². The summed E-state index contributed by atoms with van der Waals surface area (Å²) in [7, 11) is 0. The van der Waals surface area contributed by atoms with Gasteiger partial charge in [0.25, 0.3) is 0 Å². The van der Waals surface area contributed by atoms with Gasteiger partial charge in [-0.05, 0) is 50.4 Å². The molecule has 30 heavy (non-hydrogen) atoms. The number of thiophene rings is 1. The number of halogens is 3. The first-order valence-electron chi connectivity index (χ1n) is 9.61. The minimum Gasteiger partial charge on any atom is -0.462 e. The van der Waals surface area contributed by atoms with Crippen molar-refractivity contribution >= 4 is 80.3 Å². The van der Waals surface area contributed by atoms with E-state index in [2.05, 4.69) is 16.0 Å². The second kappa shape index (κ2) is 10.2. The number of hydrogen-bond donors (Lipinski definition) is 3. The third-order valence-corrected chi connectivity index (χ3v) is 6.52. The van der Waals surface area contributed by atoms with Crippen molar-refractivity contribution in [3.05, 3.63) is 16.0 Å². The van der Waals surface area contributed by atoms with E-state index in [1.807, 2.05) is 0 Å². The van der Waals surface area contributed by atoms with Gasteiger partial charge in [0.2, 0.25) is 9.70 Å². The molecule has 0 fully saturated rings. The maximum atomic E-state index is 12.6. The number of carbonyl (C=O) groups excluding carboxylic acids is 2. The van der Waals surface area contributed by atoms with Crippen LogP contribution in [0.2, 0.25) is 0 Å². The number of carbonyl (C=O) groups is 2. The molecule has 0 aromatic carbocycles. The number of rotatable bonds is 5. The third kappa shape index (κ3) is 6.60. The van der Waals surface area contributed by atoms with E-state index >= 15 is 0 Å². The molecule has 6 nitrogen and oxygen atoms in total. The summed E-state index contributed by atoms with van der Waals surface area (Å²) in [5, 5.41) is 9.23. The van der Waals surface area contributed by atoms with Crippen LogP contribution in [0.4, 0.5) is 5.00 Å². The third-order valence-electron chi connectivity index (χ3n) is 4.44. The molecule has 168 valence electrons. The molecule has 0 aliphatic heterocycles. The Morgan fingerprint density at radius 3 is 2.37 bits per heavy atom. The fraction of sp³-hybridized carbons (Fsp3) is 0.632. The van der Waals surface area contributed by atoms with Crippen molar-refractivity contribution in [1.82, 2.24) is 10.6 Å². The summed E-state index contributed by atoms with van der Waals surface area (Å²) in [6.45, 7) is 7.28. The van der Waals surface area contributed by atoms with Gasteiger partial charge in [0.15, 0.2) is 5.11 Å². The van der Waals surface area contributed by atoms with Gasteiger partial charge < -0.3 is 20.7 Å². The highest BCUT2D eigenvalue weighted by Gasteiger charge is 2.37. The van der Waals surface area contributed by atoms with E-state index in [1.165, 1.54) is 11.3 Å². The van der Waals surface area contributed by atoms with Crippen LogP contribution in [0.15, 0.2) is 0 Å². The van der Waals surface area contributed by atoms with Gasteiger partial charge in [0, 0.05) is 10.3 Å². The summed E-state index contributed by atoms with van der Waals surface area (Å²) in [6, 6.07) is 0. The highest BCUT2D eigenvalue weighted by molar-refractivity contribution is 7.80. The molecule has 1 amide bonds. The lowest BCUT2D eigenvalue weighted by molar-refractivity contribution is -0.129. The molecular formula is C19H26Cl3N3O3S2. The minimum absolute atomic E-state index is 0.115. The van der Waals surface area contributed by atoms with E-state index in [-0.39, 0.29) is 23.6 Å². The fourth-order valence-corrected chi connectivity index (χ4v) is 4.78. The number of ether oxygens (including phenoxy) is 1. The number of aryl methyl sites for hydroxylation is 1. The first-order valence-corrected chi connectivity index (χ1v) is 12.0. The van der Waals surface area contributed by atoms with Gasteiger partial charge in [0.05, 0.1) is 12.2 Å². The Labute approximate surface area is 201 Å². The lowest BCUT2D eigenvalue weighted by Crippen LogP contribution is -2.58. The standard InChI is InChI=1S/C19H26Cl3N3O3S2/c1-5-28-14(26)12-10-8-6-7-9-11(10)30-13(12)23-17(29)25-15(19(20,21)22)24-16(27)18(2,3)4/h15H,5-9H2,1-4H3,(H,24,27)(H2,23,25,29). The van der Waals surface area contributed by atoms with Crippen LogP contribution in [0, 0.1) is 5.41 Å². The van der Waals surface area contributed by atoms with E-state index in [4.69, 9.17) is 51.8 Å². The number of thiocarbonyl (C=S) groups is 1. The van der Waals surface area contributed by atoms with E-state index in [9.17, 15) is 9.59 Å². The van der Waals surface area contributed by atoms with Crippen LogP contribution in [0.1, 0.15) is 61.3 Å². The predicted molar refractivity (Wildman–Crippen MR) is 128 cm³/mol. The summed E-state index contributed by atoms with van der Waals surface area (Å²) in [4.78, 5) is 26.1. The number of fused-ring (bicyclic) bond motifs is 1. The molecular weight excluding hydrogens is 489 g/mol. The topological polar surface area (TPSA) is 79.5 Å². The molecule has 2 rings (SSSR count). The zero-order valence-corrected chi connectivity index (χ0v) is 21.2. The molecule has 1 aromatic rings. The molecule has 0 saturated carbocycles. The van der Waals surface area contributed by atoms with Crippen molar-refractivity contribution in [2.24, 2.45) is 5.41 Å². The molecule has 1 atom stereocenters. The van der Waals surface area contributed by atoms with Gasteiger partial charge in [-0.1, -0.05) is 55.6 Å². The van der Waals surface area contributed by atoms with Crippen LogP contribution in [-0.2, 0) is 22.4 Å². The van der Waals surface area contributed by atoms with Crippen molar-refractivity contribution in [2.45, 2.75) is 63.3 Å². The molecule has 1 aliphatic carbocycles. The highest BCUT2D eigenvalue weighted by Crippen LogP contribution is 2.38. The van der Waals surface area contributed by atoms with Gasteiger partial charge >= 0.3 is 5.97 Å². The molecule has 0 bridgehead atoms. The van der Waals surface area contributed by atoms with Crippen molar-refractivity contribution in [1.29, 1.82) is 0 Å². The van der Waals surface area contributed by atoms with Gasteiger partial charge in [-0.3, -0.25) is 4.79 Å². The summed E-state index contributed by atoms with van der Waals surface area (Å²) in [5.41, 5.74) is 0.827. The quantitative estimate of drug-likeness (QED) is 0.223. The maximum Gasteiger partial charge on any atom is 0.341 e. The Kier molecular flexibility index (Phi) is 8.67. The van der Waals surface area contributed by atoms with Crippen LogP contribution >= 0.6 is 58.4 Å².